The second-order valence-corrected chi connectivity index (χ2v) is 6.12. The van der Waals surface area contributed by atoms with Crippen LogP contribution in [-0.4, -0.2) is 19.0 Å². The van der Waals surface area contributed by atoms with Crippen molar-refractivity contribution in [3.63, 3.8) is 0 Å². The normalized spacial score (nSPS) is 16.2. The summed E-state index contributed by atoms with van der Waals surface area (Å²) >= 11 is 1.46. The summed E-state index contributed by atoms with van der Waals surface area (Å²) in [6, 6.07) is 9.27. The molecule has 122 valence electrons. The molecule has 0 aliphatic carbocycles. The molecule has 1 aliphatic heterocycles. The quantitative estimate of drug-likeness (QED) is 0.630. The van der Waals surface area contributed by atoms with Crippen molar-refractivity contribution >= 4 is 35.0 Å². The highest BCUT2D eigenvalue weighted by Crippen LogP contribution is 2.35. The SMILES string of the molecule is COC(=O)C1=C(C)N(c2ccc(F)cc2)C(=O)C1=Cc1cccs1. The number of anilines is 1. The molecule has 0 fully saturated rings. The number of carbonyl (C=O) groups excluding carboxylic acids is 2. The number of esters is 1. The molecule has 2 heterocycles. The minimum absolute atomic E-state index is 0.222. The minimum atomic E-state index is -0.576. The van der Waals surface area contributed by atoms with Gasteiger partial charge in [0.15, 0.2) is 0 Å². The molecule has 0 atom stereocenters. The lowest BCUT2D eigenvalue weighted by atomic mass is 10.1. The van der Waals surface area contributed by atoms with Crippen LogP contribution in [0, 0.1) is 5.82 Å². The lowest BCUT2D eigenvalue weighted by Gasteiger charge is -2.17. The molecule has 1 aliphatic rings. The average Bonchev–Trinajstić information content (AvgIpc) is 3.16. The maximum absolute atomic E-state index is 13.2. The van der Waals surface area contributed by atoms with E-state index >= 15 is 0 Å². The summed E-state index contributed by atoms with van der Waals surface area (Å²) in [4.78, 5) is 27.3. The molecule has 1 aromatic carbocycles. The standard InChI is InChI=1S/C18H14FNO3S/c1-11-16(18(22)23-2)15(10-14-4-3-9-24-14)17(21)20(11)13-7-5-12(19)6-8-13/h3-10H,1-2H3. The Morgan fingerprint density at radius 2 is 1.96 bits per heavy atom. The zero-order valence-corrected chi connectivity index (χ0v) is 13.9. The van der Waals surface area contributed by atoms with E-state index in [1.165, 1.54) is 47.6 Å². The van der Waals surface area contributed by atoms with E-state index in [0.717, 1.165) is 4.88 Å². The van der Waals surface area contributed by atoms with Gasteiger partial charge in [-0.3, -0.25) is 9.69 Å². The first kappa shape index (κ1) is 16.1. The van der Waals surface area contributed by atoms with E-state index in [0.29, 0.717) is 11.4 Å². The van der Waals surface area contributed by atoms with Crippen LogP contribution in [0.3, 0.4) is 0 Å². The van der Waals surface area contributed by atoms with Crippen molar-refractivity contribution in [2.75, 3.05) is 12.0 Å². The number of nitrogens with zero attached hydrogens (tertiary/aromatic N) is 1. The number of rotatable bonds is 3. The summed E-state index contributed by atoms with van der Waals surface area (Å²) in [5, 5.41) is 1.89. The summed E-state index contributed by atoms with van der Waals surface area (Å²) in [5.41, 5.74) is 1.45. The predicted molar refractivity (Wildman–Crippen MR) is 90.9 cm³/mol. The van der Waals surface area contributed by atoms with E-state index in [2.05, 4.69) is 0 Å². The Labute approximate surface area is 142 Å². The second kappa shape index (κ2) is 6.41. The first-order valence-electron chi connectivity index (χ1n) is 7.17. The molecule has 0 bridgehead atoms. The van der Waals surface area contributed by atoms with Gasteiger partial charge in [-0.1, -0.05) is 6.07 Å². The van der Waals surface area contributed by atoms with E-state index in [4.69, 9.17) is 4.74 Å². The molecule has 3 rings (SSSR count). The van der Waals surface area contributed by atoms with Crippen molar-refractivity contribution in [2.45, 2.75) is 6.92 Å². The van der Waals surface area contributed by atoms with Gasteiger partial charge in [0.25, 0.3) is 5.91 Å². The van der Waals surface area contributed by atoms with Crippen molar-refractivity contribution in [3.8, 4) is 0 Å². The van der Waals surface area contributed by atoms with Crippen LogP contribution in [0.1, 0.15) is 11.8 Å². The first-order chi connectivity index (χ1) is 11.5. The van der Waals surface area contributed by atoms with Gasteiger partial charge in [0, 0.05) is 16.3 Å². The lowest BCUT2D eigenvalue weighted by molar-refractivity contribution is -0.136. The van der Waals surface area contributed by atoms with Crippen molar-refractivity contribution in [3.05, 3.63) is 69.3 Å². The summed E-state index contributed by atoms with van der Waals surface area (Å²) in [6.45, 7) is 1.67. The number of allylic oxidation sites excluding steroid dienone is 1. The van der Waals surface area contributed by atoms with Crippen LogP contribution in [0.5, 0.6) is 0 Å². The van der Waals surface area contributed by atoms with Gasteiger partial charge in [0.05, 0.1) is 18.3 Å². The van der Waals surface area contributed by atoms with Gasteiger partial charge in [0.1, 0.15) is 5.82 Å². The van der Waals surface area contributed by atoms with Crippen LogP contribution in [0.25, 0.3) is 6.08 Å². The van der Waals surface area contributed by atoms with Crippen LogP contribution >= 0.6 is 11.3 Å². The third-order valence-electron chi connectivity index (χ3n) is 3.70. The molecule has 24 heavy (non-hydrogen) atoms. The largest absolute Gasteiger partial charge is 0.465 e. The predicted octanol–water partition coefficient (Wildman–Crippen LogP) is 3.76. The molecule has 4 nitrogen and oxygen atoms in total. The van der Waals surface area contributed by atoms with Gasteiger partial charge in [-0.05, 0) is 48.7 Å². The van der Waals surface area contributed by atoms with E-state index in [1.807, 2.05) is 17.5 Å². The Kier molecular flexibility index (Phi) is 4.31. The molecule has 2 aromatic rings. The molecular weight excluding hydrogens is 329 g/mol. The van der Waals surface area contributed by atoms with Crippen LogP contribution in [0.2, 0.25) is 0 Å². The Morgan fingerprint density at radius 1 is 1.25 bits per heavy atom. The molecule has 1 amide bonds. The molecular formula is C18H14FNO3S. The van der Waals surface area contributed by atoms with Crippen LogP contribution in [0.15, 0.2) is 58.6 Å². The van der Waals surface area contributed by atoms with Crippen molar-refractivity contribution in [1.29, 1.82) is 0 Å². The summed E-state index contributed by atoms with van der Waals surface area (Å²) in [6.07, 6.45) is 1.67. The Morgan fingerprint density at radius 3 is 2.54 bits per heavy atom. The van der Waals surface area contributed by atoms with Gasteiger partial charge in [-0.25, -0.2) is 9.18 Å². The van der Waals surface area contributed by atoms with Crippen LogP contribution in [0.4, 0.5) is 10.1 Å². The molecule has 0 saturated carbocycles. The van der Waals surface area contributed by atoms with E-state index in [9.17, 15) is 14.0 Å². The molecule has 0 N–H and O–H groups in total. The van der Waals surface area contributed by atoms with Crippen LogP contribution < -0.4 is 4.90 Å². The Hall–Kier alpha value is -2.73. The fourth-order valence-electron chi connectivity index (χ4n) is 2.60. The van der Waals surface area contributed by atoms with E-state index < -0.39 is 11.8 Å². The fourth-order valence-corrected chi connectivity index (χ4v) is 3.25. The smallest absolute Gasteiger partial charge is 0.340 e. The highest BCUT2D eigenvalue weighted by atomic mass is 32.1. The van der Waals surface area contributed by atoms with E-state index in [-0.39, 0.29) is 17.1 Å². The molecule has 0 spiro atoms. The maximum atomic E-state index is 13.2. The minimum Gasteiger partial charge on any atom is -0.465 e. The lowest BCUT2D eigenvalue weighted by Crippen LogP contribution is -2.24. The zero-order chi connectivity index (χ0) is 17.3. The Balaban J connectivity index is 2.12. The molecule has 1 aromatic heterocycles. The third kappa shape index (κ3) is 2.76. The van der Waals surface area contributed by atoms with Crippen molar-refractivity contribution in [2.24, 2.45) is 0 Å². The van der Waals surface area contributed by atoms with E-state index in [1.54, 1.807) is 13.0 Å². The monoisotopic (exact) mass is 343 g/mol. The number of thiophene rings is 1. The second-order valence-electron chi connectivity index (χ2n) is 5.14. The molecule has 0 saturated heterocycles. The zero-order valence-electron chi connectivity index (χ0n) is 13.1. The Bertz CT molecular complexity index is 851. The highest BCUT2D eigenvalue weighted by Gasteiger charge is 2.37. The molecule has 0 unspecified atom stereocenters. The van der Waals surface area contributed by atoms with Gasteiger partial charge >= 0.3 is 5.97 Å². The number of hydrogen-bond donors (Lipinski definition) is 0. The van der Waals surface area contributed by atoms with Gasteiger partial charge in [-0.15, -0.1) is 11.3 Å². The summed E-state index contributed by atoms with van der Waals surface area (Å²) < 4.78 is 18.0. The van der Waals surface area contributed by atoms with Gasteiger partial charge in [0.2, 0.25) is 0 Å². The van der Waals surface area contributed by atoms with Crippen molar-refractivity contribution < 1.29 is 18.7 Å². The highest BCUT2D eigenvalue weighted by molar-refractivity contribution is 7.10. The number of ether oxygens (including phenoxy) is 1. The topological polar surface area (TPSA) is 46.6 Å². The summed E-state index contributed by atoms with van der Waals surface area (Å²) in [5.74, 6) is -1.31. The third-order valence-corrected chi connectivity index (χ3v) is 4.52. The first-order valence-corrected chi connectivity index (χ1v) is 8.05. The number of benzene rings is 1. The fraction of sp³-hybridized carbons (Fsp3) is 0.111. The van der Waals surface area contributed by atoms with Crippen LogP contribution in [-0.2, 0) is 14.3 Å². The number of amides is 1. The average molecular weight is 343 g/mol. The molecule has 0 radical (unpaired) electrons. The van der Waals surface area contributed by atoms with Gasteiger partial charge < -0.3 is 4.74 Å². The number of hydrogen-bond acceptors (Lipinski definition) is 4. The molecule has 6 heteroatoms. The maximum Gasteiger partial charge on any atom is 0.340 e. The van der Waals surface area contributed by atoms with Crippen molar-refractivity contribution in [1.82, 2.24) is 0 Å². The number of methoxy groups -OCH3 is 1. The number of carbonyl (C=O) groups is 2. The van der Waals surface area contributed by atoms with Gasteiger partial charge in [-0.2, -0.15) is 0 Å². The summed E-state index contributed by atoms with van der Waals surface area (Å²) in [7, 11) is 1.27. The number of halogens is 1.